The summed E-state index contributed by atoms with van der Waals surface area (Å²) >= 11 is 0. The van der Waals surface area contributed by atoms with Gasteiger partial charge in [-0.1, -0.05) is 65.7 Å². The Morgan fingerprint density at radius 2 is 1.70 bits per heavy atom. The summed E-state index contributed by atoms with van der Waals surface area (Å²) < 4.78 is 0. The highest BCUT2D eigenvalue weighted by Crippen LogP contribution is 2.48. The van der Waals surface area contributed by atoms with E-state index in [0.717, 1.165) is 24.7 Å². The van der Waals surface area contributed by atoms with Gasteiger partial charge in [0.1, 0.15) is 0 Å². The summed E-state index contributed by atoms with van der Waals surface area (Å²) in [6.45, 7) is 11.4. The third-order valence-electron chi connectivity index (χ3n) is 6.16. The molecule has 23 heavy (non-hydrogen) atoms. The summed E-state index contributed by atoms with van der Waals surface area (Å²) in [5.41, 5.74) is 6.94. The fraction of sp³-hybridized carbons (Fsp3) is 1.00. The van der Waals surface area contributed by atoms with Crippen LogP contribution in [0.2, 0.25) is 0 Å². The van der Waals surface area contributed by atoms with Crippen LogP contribution in [0.5, 0.6) is 0 Å². The lowest BCUT2D eigenvalue weighted by molar-refractivity contribution is 0.115. The monoisotopic (exact) mass is 325 g/mol. The predicted octanol–water partition coefficient (Wildman–Crippen LogP) is 5.67. The molecule has 0 bridgehead atoms. The number of aliphatic hydroxyl groups is 1. The first kappa shape index (κ1) is 21.0. The predicted molar refractivity (Wildman–Crippen MR) is 101 cm³/mol. The molecular formula is C21H43NO. The topological polar surface area (TPSA) is 46.2 Å². The minimum atomic E-state index is -0.126. The summed E-state index contributed by atoms with van der Waals surface area (Å²) in [5, 5.41) is 9.29. The summed E-state index contributed by atoms with van der Waals surface area (Å²) in [7, 11) is 0. The Kier molecular flexibility index (Phi) is 8.58. The van der Waals surface area contributed by atoms with E-state index in [-0.39, 0.29) is 11.6 Å². The molecule has 0 aromatic carbocycles. The SMILES string of the molecule is CCC1C(CCCCCCCC(C)O)CCC(C)(N)CC1(C)C. The average molecular weight is 326 g/mol. The minimum Gasteiger partial charge on any atom is -0.393 e. The van der Waals surface area contributed by atoms with Gasteiger partial charge in [0.25, 0.3) is 0 Å². The zero-order valence-corrected chi connectivity index (χ0v) is 16.5. The van der Waals surface area contributed by atoms with E-state index in [1.165, 1.54) is 57.8 Å². The Morgan fingerprint density at radius 1 is 1.09 bits per heavy atom. The second kappa shape index (κ2) is 9.42. The van der Waals surface area contributed by atoms with E-state index in [2.05, 4.69) is 27.7 Å². The molecule has 0 aromatic rings. The number of aliphatic hydroxyl groups excluding tert-OH is 1. The lowest BCUT2D eigenvalue weighted by Crippen LogP contribution is -2.40. The van der Waals surface area contributed by atoms with Gasteiger partial charge >= 0.3 is 0 Å². The number of nitrogens with two attached hydrogens (primary N) is 1. The van der Waals surface area contributed by atoms with Crippen molar-refractivity contribution in [2.75, 3.05) is 0 Å². The van der Waals surface area contributed by atoms with Gasteiger partial charge in [-0.15, -0.1) is 0 Å². The molecule has 2 heteroatoms. The molecule has 1 rings (SSSR count). The zero-order chi connectivity index (χ0) is 17.5. The highest BCUT2D eigenvalue weighted by molar-refractivity contribution is 4.95. The molecule has 1 saturated carbocycles. The van der Waals surface area contributed by atoms with Crippen molar-refractivity contribution in [3.8, 4) is 0 Å². The highest BCUT2D eigenvalue weighted by atomic mass is 16.3. The van der Waals surface area contributed by atoms with Crippen LogP contribution in [0.3, 0.4) is 0 Å². The molecule has 4 unspecified atom stereocenters. The van der Waals surface area contributed by atoms with Crippen LogP contribution in [-0.2, 0) is 0 Å². The molecule has 1 aliphatic carbocycles. The second-order valence-corrected chi connectivity index (χ2v) is 9.33. The van der Waals surface area contributed by atoms with Gasteiger partial charge in [0.05, 0.1) is 6.10 Å². The van der Waals surface area contributed by atoms with Gasteiger partial charge in [-0.25, -0.2) is 0 Å². The first-order chi connectivity index (χ1) is 10.7. The Balaban J connectivity index is 2.39. The molecule has 0 spiro atoms. The van der Waals surface area contributed by atoms with Gasteiger partial charge in [0, 0.05) is 5.54 Å². The Labute approximate surface area is 145 Å². The van der Waals surface area contributed by atoms with Crippen molar-refractivity contribution >= 4 is 0 Å². The van der Waals surface area contributed by atoms with Crippen LogP contribution in [-0.4, -0.2) is 16.7 Å². The Morgan fingerprint density at radius 3 is 2.30 bits per heavy atom. The zero-order valence-electron chi connectivity index (χ0n) is 16.5. The minimum absolute atomic E-state index is 0.0205. The Hall–Kier alpha value is -0.0800. The van der Waals surface area contributed by atoms with Crippen molar-refractivity contribution in [3.05, 3.63) is 0 Å². The fourth-order valence-electron chi connectivity index (χ4n) is 5.22. The van der Waals surface area contributed by atoms with Gasteiger partial charge < -0.3 is 10.8 Å². The van der Waals surface area contributed by atoms with Gasteiger partial charge in [-0.2, -0.15) is 0 Å². The maximum Gasteiger partial charge on any atom is 0.0512 e. The Bertz CT molecular complexity index is 322. The van der Waals surface area contributed by atoms with E-state index >= 15 is 0 Å². The standard InChI is InChI=1S/C21H43NO/c1-6-19-18(13-11-9-7-8-10-12-17(2)23)14-15-21(5,22)16-20(19,3)4/h17-19,23H,6-16,22H2,1-5H3. The third-order valence-corrected chi connectivity index (χ3v) is 6.16. The van der Waals surface area contributed by atoms with Gasteiger partial charge in [0.15, 0.2) is 0 Å². The highest BCUT2D eigenvalue weighted by Gasteiger charge is 2.41. The first-order valence-corrected chi connectivity index (χ1v) is 10.1. The van der Waals surface area contributed by atoms with Gasteiger partial charge in [0.2, 0.25) is 0 Å². The summed E-state index contributed by atoms with van der Waals surface area (Å²) in [6.07, 6.45) is 13.7. The summed E-state index contributed by atoms with van der Waals surface area (Å²) in [5.74, 6) is 1.68. The molecule has 3 N–H and O–H groups in total. The maximum absolute atomic E-state index is 9.29. The van der Waals surface area contributed by atoms with Crippen LogP contribution >= 0.6 is 0 Å². The molecule has 1 fully saturated rings. The van der Waals surface area contributed by atoms with Crippen LogP contribution in [0.15, 0.2) is 0 Å². The second-order valence-electron chi connectivity index (χ2n) is 9.33. The van der Waals surface area contributed by atoms with Crippen LogP contribution in [0.25, 0.3) is 0 Å². The molecule has 0 amide bonds. The maximum atomic E-state index is 9.29. The van der Waals surface area contributed by atoms with Crippen molar-refractivity contribution in [3.63, 3.8) is 0 Å². The third kappa shape index (κ3) is 7.56. The molecule has 0 aromatic heterocycles. The molecule has 4 atom stereocenters. The van der Waals surface area contributed by atoms with E-state index in [4.69, 9.17) is 5.73 Å². The van der Waals surface area contributed by atoms with E-state index in [9.17, 15) is 5.11 Å². The van der Waals surface area contributed by atoms with Crippen LogP contribution in [0, 0.1) is 17.3 Å². The fourth-order valence-corrected chi connectivity index (χ4v) is 5.22. The van der Waals surface area contributed by atoms with E-state index in [1.54, 1.807) is 0 Å². The lowest BCUT2D eigenvalue weighted by atomic mass is 9.67. The van der Waals surface area contributed by atoms with Crippen LogP contribution in [0.4, 0.5) is 0 Å². The summed E-state index contributed by atoms with van der Waals surface area (Å²) in [6, 6.07) is 0. The van der Waals surface area contributed by atoms with Crippen molar-refractivity contribution in [2.45, 2.75) is 117 Å². The van der Waals surface area contributed by atoms with Gasteiger partial charge in [-0.05, 0) is 56.8 Å². The van der Waals surface area contributed by atoms with Crippen LogP contribution in [0.1, 0.15) is 105 Å². The smallest absolute Gasteiger partial charge is 0.0512 e. The average Bonchev–Trinajstić information content (AvgIpc) is 2.49. The van der Waals surface area contributed by atoms with Gasteiger partial charge in [-0.3, -0.25) is 0 Å². The van der Waals surface area contributed by atoms with E-state index < -0.39 is 0 Å². The quantitative estimate of drug-likeness (QED) is 0.424. The molecule has 1 aliphatic rings. The molecular weight excluding hydrogens is 282 g/mol. The number of unbranched alkanes of at least 4 members (excludes halogenated alkanes) is 4. The lowest BCUT2D eigenvalue weighted by Gasteiger charge is -2.39. The van der Waals surface area contributed by atoms with Crippen molar-refractivity contribution in [2.24, 2.45) is 23.0 Å². The molecule has 0 aliphatic heterocycles. The molecule has 0 saturated heterocycles. The van der Waals surface area contributed by atoms with Crippen molar-refractivity contribution in [1.82, 2.24) is 0 Å². The summed E-state index contributed by atoms with van der Waals surface area (Å²) in [4.78, 5) is 0. The van der Waals surface area contributed by atoms with Crippen LogP contribution < -0.4 is 5.73 Å². The molecule has 138 valence electrons. The first-order valence-electron chi connectivity index (χ1n) is 10.1. The van der Waals surface area contributed by atoms with E-state index in [1.807, 2.05) is 6.92 Å². The van der Waals surface area contributed by atoms with Crippen molar-refractivity contribution in [1.29, 1.82) is 0 Å². The van der Waals surface area contributed by atoms with Crippen molar-refractivity contribution < 1.29 is 5.11 Å². The largest absolute Gasteiger partial charge is 0.393 e. The molecule has 2 nitrogen and oxygen atoms in total. The normalized spacial score (nSPS) is 32.5. The number of hydrogen-bond acceptors (Lipinski definition) is 2. The molecule has 0 radical (unpaired) electrons. The molecule has 0 heterocycles. The number of hydrogen-bond donors (Lipinski definition) is 2. The number of rotatable bonds is 9. The van der Waals surface area contributed by atoms with E-state index in [0.29, 0.717) is 5.41 Å².